The highest BCUT2D eigenvalue weighted by atomic mass is 19.1. The molecule has 0 unspecified atom stereocenters. The van der Waals surface area contributed by atoms with Gasteiger partial charge in [0.05, 0.1) is 14.2 Å². The minimum Gasteiger partial charge on any atom is -0.493 e. The molecular formula is C19H16FN3O4. The van der Waals surface area contributed by atoms with Gasteiger partial charge in [0.25, 0.3) is 5.91 Å². The first kappa shape index (κ1) is 18.1. The highest BCUT2D eigenvalue weighted by molar-refractivity contribution is 6.00. The van der Waals surface area contributed by atoms with E-state index < -0.39 is 11.7 Å². The number of hydrogen-bond donors (Lipinski definition) is 1. The molecular weight excluding hydrogens is 353 g/mol. The highest BCUT2D eigenvalue weighted by Gasteiger charge is 2.11. The van der Waals surface area contributed by atoms with E-state index in [-0.39, 0.29) is 11.9 Å². The third-order valence-electron chi connectivity index (χ3n) is 3.56. The summed E-state index contributed by atoms with van der Waals surface area (Å²) in [7, 11) is 3.08. The van der Waals surface area contributed by atoms with E-state index in [1.165, 1.54) is 31.4 Å². The van der Waals surface area contributed by atoms with E-state index in [4.69, 9.17) is 13.9 Å². The number of nitrogens with zero attached hydrogens (tertiary/aromatic N) is 2. The van der Waals surface area contributed by atoms with Crippen LogP contribution in [-0.2, 0) is 4.79 Å². The fourth-order valence-corrected chi connectivity index (χ4v) is 2.29. The maximum absolute atomic E-state index is 13.2. The number of ether oxygens (including phenoxy) is 2. The SMILES string of the molecule is COc1ccc(C=CC(=O)Nc2nnc(-c3cccc(F)c3)o2)cc1OC. The number of rotatable bonds is 6. The Balaban J connectivity index is 1.67. The Hall–Kier alpha value is -3.68. The van der Waals surface area contributed by atoms with E-state index >= 15 is 0 Å². The first-order chi connectivity index (χ1) is 13.1. The van der Waals surface area contributed by atoms with Crippen molar-refractivity contribution in [2.24, 2.45) is 0 Å². The van der Waals surface area contributed by atoms with Gasteiger partial charge in [-0.05, 0) is 42.0 Å². The van der Waals surface area contributed by atoms with Crippen LogP contribution in [0.1, 0.15) is 5.56 Å². The Morgan fingerprint density at radius 1 is 1.11 bits per heavy atom. The summed E-state index contributed by atoms with van der Waals surface area (Å²) in [5.41, 5.74) is 1.16. The maximum atomic E-state index is 13.2. The first-order valence-electron chi connectivity index (χ1n) is 7.89. The standard InChI is InChI=1S/C19H16FN3O4/c1-25-15-8-6-12(10-16(15)26-2)7-9-17(24)21-19-23-22-18(27-19)13-4-3-5-14(20)11-13/h3-11H,1-2H3,(H,21,23,24). The van der Waals surface area contributed by atoms with Crippen LogP contribution in [0.25, 0.3) is 17.5 Å². The lowest BCUT2D eigenvalue weighted by atomic mass is 10.2. The molecule has 138 valence electrons. The zero-order chi connectivity index (χ0) is 19.2. The second kappa shape index (κ2) is 8.13. The van der Waals surface area contributed by atoms with Crippen LogP contribution in [0.15, 0.2) is 53.0 Å². The minimum atomic E-state index is -0.459. The zero-order valence-corrected chi connectivity index (χ0v) is 14.6. The van der Waals surface area contributed by atoms with Crippen molar-refractivity contribution in [1.29, 1.82) is 0 Å². The molecule has 3 aromatic rings. The number of nitrogens with one attached hydrogen (secondary N) is 1. The normalized spacial score (nSPS) is 10.8. The molecule has 7 nitrogen and oxygen atoms in total. The van der Waals surface area contributed by atoms with Gasteiger partial charge in [-0.25, -0.2) is 4.39 Å². The molecule has 0 aliphatic rings. The van der Waals surface area contributed by atoms with E-state index in [2.05, 4.69) is 15.5 Å². The molecule has 27 heavy (non-hydrogen) atoms. The molecule has 2 aromatic carbocycles. The Bertz CT molecular complexity index is 985. The van der Waals surface area contributed by atoms with Gasteiger partial charge in [0.15, 0.2) is 11.5 Å². The number of carbonyl (C=O) groups excluding carboxylic acids is 1. The van der Waals surface area contributed by atoms with Gasteiger partial charge in [-0.3, -0.25) is 10.1 Å². The van der Waals surface area contributed by atoms with Crippen LogP contribution in [0, 0.1) is 5.82 Å². The summed E-state index contributed by atoms with van der Waals surface area (Å²) >= 11 is 0. The van der Waals surface area contributed by atoms with E-state index in [0.29, 0.717) is 17.1 Å². The number of hydrogen-bond acceptors (Lipinski definition) is 6. The molecule has 0 aliphatic carbocycles. The maximum Gasteiger partial charge on any atom is 0.322 e. The molecule has 1 N–H and O–H groups in total. The highest BCUT2D eigenvalue weighted by Crippen LogP contribution is 2.28. The second-order valence-electron chi connectivity index (χ2n) is 5.36. The van der Waals surface area contributed by atoms with Crippen molar-refractivity contribution < 1.29 is 23.1 Å². The van der Waals surface area contributed by atoms with Gasteiger partial charge in [-0.1, -0.05) is 17.2 Å². The summed E-state index contributed by atoms with van der Waals surface area (Å²) < 4.78 is 28.9. The predicted molar refractivity (Wildman–Crippen MR) is 96.9 cm³/mol. The van der Waals surface area contributed by atoms with Crippen molar-refractivity contribution in [1.82, 2.24) is 10.2 Å². The molecule has 0 atom stereocenters. The van der Waals surface area contributed by atoms with Crippen LogP contribution in [0.2, 0.25) is 0 Å². The van der Waals surface area contributed by atoms with Gasteiger partial charge in [0, 0.05) is 11.6 Å². The molecule has 1 amide bonds. The fraction of sp³-hybridized carbons (Fsp3) is 0.105. The summed E-state index contributed by atoms with van der Waals surface area (Å²) in [6.45, 7) is 0. The van der Waals surface area contributed by atoms with Crippen LogP contribution < -0.4 is 14.8 Å². The summed E-state index contributed by atoms with van der Waals surface area (Å²) in [6, 6.07) is 10.9. The fourth-order valence-electron chi connectivity index (χ4n) is 2.29. The number of amides is 1. The van der Waals surface area contributed by atoms with Gasteiger partial charge in [-0.15, -0.1) is 5.10 Å². The first-order valence-corrected chi connectivity index (χ1v) is 7.89. The van der Waals surface area contributed by atoms with Crippen molar-refractivity contribution in [2.45, 2.75) is 0 Å². The van der Waals surface area contributed by atoms with Crippen LogP contribution in [0.5, 0.6) is 11.5 Å². The molecule has 0 bridgehead atoms. The van der Waals surface area contributed by atoms with E-state index in [0.717, 1.165) is 5.56 Å². The van der Waals surface area contributed by atoms with Crippen molar-refractivity contribution >= 4 is 18.0 Å². The average molecular weight is 369 g/mol. The smallest absolute Gasteiger partial charge is 0.322 e. The van der Waals surface area contributed by atoms with Crippen LogP contribution in [0.4, 0.5) is 10.4 Å². The molecule has 0 fully saturated rings. The number of aromatic nitrogens is 2. The molecule has 0 spiro atoms. The van der Waals surface area contributed by atoms with Crippen molar-refractivity contribution in [3.05, 3.63) is 59.9 Å². The number of halogens is 1. The van der Waals surface area contributed by atoms with Gasteiger partial charge in [0.2, 0.25) is 5.89 Å². The van der Waals surface area contributed by atoms with Crippen molar-refractivity contribution in [3.8, 4) is 23.0 Å². The number of carbonyl (C=O) groups is 1. The minimum absolute atomic E-state index is 0.0868. The largest absolute Gasteiger partial charge is 0.493 e. The van der Waals surface area contributed by atoms with Crippen molar-refractivity contribution in [3.63, 3.8) is 0 Å². The van der Waals surface area contributed by atoms with Gasteiger partial charge < -0.3 is 13.9 Å². The lowest BCUT2D eigenvalue weighted by Crippen LogP contribution is -2.07. The third-order valence-corrected chi connectivity index (χ3v) is 3.56. The van der Waals surface area contributed by atoms with E-state index in [9.17, 15) is 9.18 Å². The van der Waals surface area contributed by atoms with Gasteiger partial charge >= 0.3 is 6.01 Å². The lowest BCUT2D eigenvalue weighted by Gasteiger charge is -2.07. The van der Waals surface area contributed by atoms with Crippen molar-refractivity contribution in [2.75, 3.05) is 19.5 Å². The number of benzene rings is 2. The number of methoxy groups -OCH3 is 2. The topological polar surface area (TPSA) is 86.5 Å². The van der Waals surface area contributed by atoms with Gasteiger partial charge in [0.1, 0.15) is 5.82 Å². The zero-order valence-electron chi connectivity index (χ0n) is 14.6. The molecule has 0 saturated carbocycles. The molecule has 0 saturated heterocycles. The molecule has 0 aliphatic heterocycles. The second-order valence-corrected chi connectivity index (χ2v) is 5.36. The molecule has 3 rings (SSSR count). The Kier molecular flexibility index (Phi) is 5.46. The molecule has 8 heteroatoms. The van der Waals surface area contributed by atoms with E-state index in [1.807, 2.05) is 0 Å². The average Bonchev–Trinajstić information content (AvgIpc) is 3.14. The Morgan fingerprint density at radius 2 is 1.93 bits per heavy atom. The summed E-state index contributed by atoms with van der Waals surface area (Å²) in [6.07, 6.45) is 2.91. The van der Waals surface area contributed by atoms with Crippen LogP contribution >= 0.6 is 0 Å². The third kappa shape index (κ3) is 4.49. The van der Waals surface area contributed by atoms with Gasteiger partial charge in [-0.2, -0.15) is 0 Å². The van der Waals surface area contributed by atoms with E-state index in [1.54, 1.807) is 37.5 Å². The predicted octanol–water partition coefficient (Wildman–Crippen LogP) is 3.54. The van der Waals surface area contributed by atoms with Crippen LogP contribution in [0.3, 0.4) is 0 Å². The number of anilines is 1. The monoisotopic (exact) mass is 369 g/mol. The van der Waals surface area contributed by atoms with Crippen LogP contribution in [-0.4, -0.2) is 30.3 Å². The summed E-state index contributed by atoms with van der Waals surface area (Å²) in [5, 5.41) is 9.97. The summed E-state index contributed by atoms with van der Waals surface area (Å²) in [4.78, 5) is 12.0. The lowest BCUT2D eigenvalue weighted by molar-refractivity contribution is -0.112. The molecule has 1 aromatic heterocycles. The Morgan fingerprint density at radius 3 is 2.67 bits per heavy atom. The quantitative estimate of drug-likeness (QED) is 0.669. The molecule has 0 radical (unpaired) electrons. The summed E-state index contributed by atoms with van der Waals surface area (Å²) in [5.74, 6) is 0.369. The molecule has 1 heterocycles. The Labute approximate surface area is 154 Å².